The largest absolute Gasteiger partial charge is 0.383 e. The molecule has 0 aromatic heterocycles. The molecule has 0 saturated carbocycles. The lowest BCUT2D eigenvalue weighted by atomic mass is 9.99. The Morgan fingerprint density at radius 3 is 2.16 bits per heavy atom. The van der Waals surface area contributed by atoms with Gasteiger partial charge >= 0.3 is 0 Å². The van der Waals surface area contributed by atoms with E-state index in [9.17, 15) is 9.59 Å². The first-order chi connectivity index (χ1) is 15.3. The maximum absolute atomic E-state index is 13.8. The smallest absolute Gasteiger partial charge is 0.282 e. The summed E-state index contributed by atoms with van der Waals surface area (Å²) >= 11 is 6.31. The fraction of sp³-hybridized carbons (Fsp3) is 0.360. The van der Waals surface area contributed by atoms with Crippen LogP contribution in [0.3, 0.4) is 0 Å². The molecule has 7 heteroatoms. The molecule has 170 valence electrons. The van der Waals surface area contributed by atoms with Crippen LogP contribution in [0.15, 0.2) is 42.1 Å². The number of imide groups is 1. The molecule has 0 atom stereocenters. The molecule has 0 radical (unpaired) electrons. The van der Waals surface area contributed by atoms with Crippen molar-refractivity contribution >= 4 is 34.7 Å². The van der Waals surface area contributed by atoms with E-state index in [1.54, 1.807) is 39.3 Å². The SMILES string of the molecule is COCCN(CCOC)C1=C(c2ccc(C)c(C)c2)C(=O)N(c2cccc(Cl)c2C)C1=O. The number of methoxy groups -OCH3 is 2. The zero-order valence-corrected chi connectivity index (χ0v) is 20.0. The number of nitrogens with zero attached hydrogens (tertiary/aromatic N) is 2. The van der Waals surface area contributed by atoms with Gasteiger partial charge in [-0.3, -0.25) is 9.59 Å². The van der Waals surface area contributed by atoms with E-state index < -0.39 is 0 Å². The highest BCUT2D eigenvalue weighted by Crippen LogP contribution is 2.37. The molecular weight excluding hydrogens is 428 g/mol. The van der Waals surface area contributed by atoms with Crippen LogP contribution in [-0.2, 0) is 19.1 Å². The van der Waals surface area contributed by atoms with Crippen molar-refractivity contribution in [2.45, 2.75) is 20.8 Å². The van der Waals surface area contributed by atoms with Crippen LogP contribution in [0.2, 0.25) is 5.02 Å². The second kappa shape index (κ2) is 10.3. The number of hydrogen-bond acceptors (Lipinski definition) is 5. The van der Waals surface area contributed by atoms with Crippen molar-refractivity contribution in [2.75, 3.05) is 45.4 Å². The van der Waals surface area contributed by atoms with Crippen LogP contribution in [0.4, 0.5) is 5.69 Å². The van der Waals surface area contributed by atoms with Crippen molar-refractivity contribution in [1.29, 1.82) is 0 Å². The Balaban J connectivity index is 2.19. The van der Waals surface area contributed by atoms with Gasteiger partial charge in [0.05, 0.1) is 24.5 Å². The average molecular weight is 457 g/mol. The molecule has 0 spiro atoms. The second-order valence-electron chi connectivity index (χ2n) is 7.82. The maximum Gasteiger partial charge on any atom is 0.282 e. The van der Waals surface area contributed by atoms with E-state index in [1.807, 2.05) is 36.9 Å². The Labute approximate surface area is 194 Å². The van der Waals surface area contributed by atoms with Crippen molar-refractivity contribution in [3.05, 3.63) is 69.4 Å². The van der Waals surface area contributed by atoms with E-state index in [2.05, 4.69) is 0 Å². The molecule has 0 bridgehead atoms. The van der Waals surface area contributed by atoms with Crippen molar-refractivity contribution in [3.8, 4) is 0 Å². The first-order valence-electron chi connectivity index (χ1n) is 10.5. The molecule has 6 nitrogen and oxygen atoms in total. The van der Waals surface area contributed by atoms with Gasteiger partial charge in [-0.1, -0.05) is 35.9 Å². The number of amides is 2. The molecule has 0 saturated heterocycles. The minimum Gasteiger partial charge on any atom is -0.383 e. The molecule has 2 aromatic rings. The predicted molar refractivity (Wildman–Crippen MR) is 127 cm³/mol. The molecule has 0 unspecified atom stereocenters. The highest BCUT2D eigenvalue weighted by Gasteiger charge is 2.43. The lowest BCUT2D eigenvalue weighted by molar-refractivity contribution is -0.120. The van der Waals surface area contributed by atoms with Gasteiger partial charge in [0.25, 0.3) is 11.8 Å². The molecule has 2 amide bonds. The van der Waals surface area contributed by atoms with Gasteiger partial charge in [-0.25, -0.2) is 4.90 Å². The summed E-state index contributed by atoms with van der Waals surface area (Å²) in [5.41, 5.74) is 4.78. The van der Waals surface area contributed by atoms with Crippen LogP contribution >= 0.6 is 11.6 Å². The second-order valence-corrected chi connectivity index (χ2v) is 8.23. The van der Waals surface area contributed by atoms with Gasteiger partial charge in [-0.15, -0.1) is 0 Å². The van der Waals surface area contributed by atoms with Crippen LogP contribution < -0.4 is 4.90 Å². The summed E-state index contributed by atoms with van der Waals surface area (Å²) in [7, 11) is 3.22. The highest BCUT2D eigenvalue weighted by atomic mass is 35.5. The zero-order valence-electron chi connectivity index (χ0n) is 19.2. The van der Waals surface area contributed by atoms with Gasteiger partial charge in [0, 0.05) is 32.3 Å². The first-order valence-corrected chi connectivity index (χ1v) is 10.9. The van der Waals surface area contributed by atoms with Gasteiger partial charge < -0.3 is 14.4 Å². The van der Waals surface area contributed by atoms with E-state index in [4.69, 9.17) is 21.1 Å². The normalized spacial score (nSPS) is 14.0. The lowest BCUT2D eigenvalue weighted by Crippen LogP contribution is -2.38. The molecule has 0 aliphatic carbocycles. The number of benzene rings is 2. The highest BCUT2D eigenvalue weighted by molar-refractivity contribution is 6.46. The molecular formula is C25H29ClN2O4. The van der Waals surface area contributed by atoms with E-state index in [-0.39, 0.29) is 11.8 Å². The van der Waals surface area contributed by atoms with Crippen LogP contribution in [0, 0.1) is 20.8 Å². The predicted octanol–water partition coefficient (Wildman–Crippen LogP) is 4.14. The summed E-state index contributed by atoms with van der Waals surface area (Å²) in [5, 5.41) is 0.500. The Hall–Kier alpha value is -2.67. The van der Waals surface area contributed by atoms with Crippen LogP contribution in [0.25, 0.3) is 5.57 Å². The van der Waals surface area contributed by atoms with E-state index in [0.717, 1.165) is 11.1 Å². The summed E-state index contributed by atoms with van der Waals surface area (Å²) in [5.74, 6) is -0.737. The number of anilines is 1. The van der Waals surface area contributed by atoms with Crippen molar-refractivity contribution in [2.24, 2.45) is 0 Å². The fourth-order valence-electron chi connectivity index (χ4n) is 3.76. The third-order valence-electron chi connectivity index (χ3n) is 5.78. The molecule has 0 N–H and O–H groups in total. The van der Waals surface area contributed by atoms with E-state index in [1.165, 1.54) is 4.90 Å². The third-order valence-corrected chi connectivity index (χ3v) is 6.19. The molecule has 1 aliphatic rings. The van der Waals surface area contributed by atoms with E-state index >= 15 is 0 Å². The van der Waals surface area contributed by atoms with Crippen LogP contribution in [0.5, 0.6) is 0 Å². The van der Waals surface area contributed by atoms with Gasteiger partial charge in [0.1, 0.15) is 5.70 Å². The van der Waals surface area contributed by atoms with Crippen molar-refractivity contribution in [1.82, 2.24) is 4.90 Å². The molecule has 32 heavy (non-hydrogen) atoms. The third kappa shape index (κ3) is 4.58. The topological polar surface area (TPSA) is 59.1 Å². The number of ether oxygens (including phenoxy) is 2. The molecule has 0 fully saturated rings. The molecule has 2 aromatic carbocycles. The van der Waals surface area contributed by atoms with Crippen molar-refractivity contribution in [3.63, 3.8) is 0 Å². The Kier molecular flexibility index (Phi) is 7.72. The summed E-state index contributed by atoms with van der Waals surface area (Å²) in [6.07, 6.45) is 0. The zero-order chi connectivity index (χ0) is 23.4. The Morgan fingerprint density at radius 1 is 0.906 bits per heavy atom. The number of rotatable bonds is 9. The lowest BCUT2D eigenvalue weighted by Gasteiger charge is -2.26. The number of carbonyl (C=O) groups excluding carboxylic acids is 2. The number of aryl methyl sites for hydroxylation is 2. The van der Waals surface area contributed by atoms with Gasteiger partial charge in [0.2, 0.25) is 0 Å². The van der Waals surface area contributed by atoms with Gasteiger partial charge in [0.15, 0.2) is 0 Å². The number of carbonyl (C=O) groups is 2. The summed E-state index contributed by atoms with van der Waals surface area (Å²) < 4.78 is 10.5. The Bertz CT molecular complexity index is 1060. The quantitative estimate of drug-likeness (QED) is 0.530. The fourth-order valence-corrected chi connectivity index (χ4v) is 3.93. The van der Waals surface area contributed by atoms with Crippen molar-refractivity contribution < 1.29 is 19.1 Å². The summed E-state index contributed by atoms with van der Waals surface area (Å²) in [6, 6.07) is 11.0. The first kappa shape index (κ1) is 24.0. The number of hydrogen-bond donors (Lipinski definition) is 0. The summed E-state index contributed by atoms with van der Waals surface area (Å²) in [6.45, 7) is 7.53. The monoisotopic (exact) mass is 456 g/mol. The molecule has 3 rings (SSSR count). The van der Waals surface area contributed by atoms with Crippen LogP contribution in [0.1, 0.15) is 22.3 Å². The van der Waals surface area contributed by atoms with E-state index in [0.29, 0.717) is 59.4 Å². The summed E-state index contributed by atoms with van der Waals surface area (Å²) in [4.78, 5) is 30.6. The average Bonchev–Trinajstić information content (AvgIpc) is 3.02. The standard InChI is InChI=1S/C25H29ClN2O4/c1-16-9-10-19(15-17(16)2)22-23(27(11-13-31-4)12-14-32-5)25(30)28(24(22)29)21-8-6-7-20(26)18(21)3/h6-10,15H,11-14H2,1-5H3. The molecule has 1 aliphatic heterocycles. The minimum absolute atomic E-state index is 0.353. The number of halogens is 1. The Morgan fingerprint density at radius 2 is 1.56 bits per heavy atom. The van der Waals surface area contributed by atoms with Gasteiger partial charge in [-0.05, 0) is 55.2 Å². The van der Waals surface area contributed by atoms with Gasteiger partial charge in [-0.2, -0.15) is 0 Å². The van der Waals surface area contributed by atoms with Crippen LogP contribution in [-0.4, -0.2) is 57.2 Å². The molecule has 1 heterocycles. The maximum atomic E-state index is 13.8. The minimum atomic E-state index is -0.374.